The molecule has 0 radical (unpaired) electrons. The number of methoxy groups -OCH3 is 1. The van der Waals surface area contributed by atoms with Crippen LogP contribution in [0.4, 0.5) is 0 Å². The summed E-state index contributed by atoms with van der Waals surface area (Å²) in [5.74, 6) is 1.41. The number of halogens is 1. The first kappa shape index (κ1) is 31.1. The maximum atomic E-state index is 13.2. The van der Waals surface area contributed by atoms with Crippen LogP contribution in [0, 0.1) is 6.92 Å². The smallest absolute Gasteiger partial charge is 0.251 e. The minimum Gasteiger partial charge on any atom is -0.497 e. The summed E-state index contributed by atoms with van der Waals surface area (Å²) in [4.78, 5) is 41.2. The van der Waals surface area contributed by atoms with Crippen LogP contribution in [-0.4, -0.2) is 65.6 Å². The summed E-state index contributed by atoms with van der Waals surface area (Å²) in [6, 6.07) is 20.3. The molecule has 4 aromatic rings. The number of carbonyl (C=O) groups is 2. The van der Waals surface area contributed by atoms with E-state index in [2.05, 4.69) is 20.8 Å². The van der Waals surface area contributed by atoms with Gasteiger partial charge in [-0.15, -0.1) is 10.2 Å². The number of benzene rings is 3. The lowest BCUT2D eigenvalue weighted by atomic mass is 10.00. The number of carbonyl (C=O) groups excluding carboxylic acids is 2. The molecule has 0 saturated carbocycles. The van der Waals surface area contributed by atoms with E-state index in [4.69, 9.17) is 21.3 Å². The molecule has 10 nitrogen and oxygen atoms in total. The first-order valence-corrected chi connectivity index (χ1v) is 17.9. The molecule has 12 heteroatoms. The third kappa shape index (κ3) is 7.24. The number of aryl methyl sites for hydroxylation is 1. The molecule has 3 N–H and O–H groups in total. The molecule has 1 aliphatic heterocycles. The van der Waals surface area contributed by atoms with Crippen LogP contribution in [0.15, 0.2) is 71.7 Å². The number of aromatic nitrogens is 3. The fourth-order valence-corrected chi connectivity index (χ4v) is 6.57. The fourth-order valence-electron chi connectivity index (χ4n) is 5.23. The molecule has 1 atom stereocenters. The van der Waals surface area contributed by atoms with Gasteiger partial charge in [0.2, 0.25) is 5.91 Å². The molecule has 0 aliphatic carbocycles. The zero-order chi connectivity index (χ0) is 31.4. The monoisotopic (exact) mass is 630 g/mol. The van der Waals surface area contributed by atoms with Crippen molar-refractivity contribution in [2.24, 2.45) is 4.99 Å². The van der Waals surface area contributed by atoms with E-state index >= 15 is 0 Å². The maximum absolute atomic E-state index is 13.2. The van der Waals surface area contributed by atoms with Crippen LogP contribution >= 0.6 is 11.6 Å². The average Bonchev–Trinajstić information content (AvgIpc) is 3.31. The van der Waals surface area contributed by atoms with E-state index in [0.717, 1.165) is 22.4 Å². The molecule has 1 aromatic heterocycles. The maximum Gasteiger partial charge on any atom is 0.251 e. The van der Waals surface area contributed by atoms with Gasteiger partial charge >= 0.3 is 0 Å². The summed E-state index contributed by atoms with van der Waals surface area (Å²) < 4.78 is 7.45. The highest BCUT2D eigenvalue weighted by Crippen LogP contribution is 2.34. The predicted octanol–water partition coefficient (Wildman–Crippen LogP) is 4.35. The van der Waals surface area contributed by atoms with Gasteiger partial charge < -0.3 is 20.2 Å². The van der Waals surface area contributed by atoms with Gasteiger partial charge in [0.25, 0.3) is 5.91 Å². The lowest BCUT2D eigenvalue weighted by molar-refractivity contribution is -0.121. The molecule has 0 unspecified atom stereocenters. The van der Waals surface area contributed by atoms with Crippen LogP contribution < -0.4 is 15.4 Å². The normalized spacial score (nSPS) is 14.1. The molecule has 0 spiro atoms. The molecule has 2 heterocycles. The van der Waals surface area contributed by atoms with Crippen molar-refractivity contribution >= 4 is 37.4 Å². The molecule has 0 fully saturated rings. The van der Waals surface area contributed by atoms with Crippen molar-refractivity contribution in [3.63, 3.8) is 0 Å². The molecule has 1 aliphatic rings. The number of fused-ring (bicyclic) bond motifs is 3. The van der Waals surface area contributed by atoms with Crippen LogP contribution in [0.1, 0.15) is 51.2 Å². The molecule has 2 amide bonds. The molecular formula is C32H35ClN6O4Si. The number of nitrogens with one attached hydrogen (secondary N) is 2. The number of nitrogens with zero attached hydrogens (tertiary/aromatic N) is 4. The Bertz CT molecular complexity index is 1710. The van der Waals surface area contributed by atoms with Crippen LogP contribution in [0.3, 0.4) is 0 Å². The Morgan fingerprint density at radius 3 is 2.50 bits per heavy atom. The van der Waals surface area contributed by atoms with Gasteiger partial charge in [0.1, 0.15) is 17.6 Å². The van der Waals surface area contributed by atoms with Crippen molar-refractivity contribution < 1.29 is 19.1 Å². The van der Waals surface area contributed by atoms with E-state index in [1.54, 1.807) is 31.4 Å². The van der Waals surface area contributed by atoms with E-state index in [0.29, 0.717) is 39.7 Å². The van der Waals surface area contributed by atoms with Crippen molar-refractivity contribution in [3.05, 3.63) is 106 Å². The highest BCUT2D eigenvalue weighted by molar-refractivity contribution is 6.69. The lowest BCUT2D eigenvalue weighted by Crippen LogP contribution is -2.35. The van der Waals surface area contributed by atoms with Gasteiger partial charge in [0, 0.05) is 34.8 Å². The third-order valence-corrected chi connectivity index (χ3v) is 8.71. The summed E-state index contributed by atoms with van der Waals surface area (Å²) in [6.45, 7) is 6.08. The quantitative estimate of drug-likeness (QED) is 0.176. The fraction of sp³-hybridized carbons (Fsp3) is 0.281. The highest BCUT2D eigenvalue weighted by atomic mass is 35.5. The Balaban J connectivity index is 1.31. The molecular weight excluding hydrogens is 596 g/mol. The summed E-state index contributed by atoms with van der Waals surface area (Å²) >= 11 is 6.18. The van der Waals surface area contributed by atoms with Gasteiger partial charge in [-0.3, -0.25) is 19.1 Å². The largest absolute Gasteiger partial charge is 0.497 e. The number of amides is 2. The minimum absolute atomic E-state index is 0.0250. The minimum atomic E-state index is -2.30. The molecule has 228 valence electrons. The summed E-state index contributed by atoms with van der Waals surface area (Å²) in [5.41, 5.74) is 4.60. The Kier molecular flexibility index (Phi) is 9.28. The lowest BCUT2D eigenvalue weighted by Gasteiger charge is -2.14. The highest BCUT2D eigenvalue weighted by Gasteiger charge is 2.30. The van der Waals surface area contributed by atoms with Crippen LogP contribution in [-0.2, 0) is 10.8 Å². The molecule has 5 rings (SSSR count). The van der Waals surface area contributed by atoms with Crippen LogP contribution in [0.5, 0.6) is 5.75 Å². The van der Waals surface area contributed by atoms with E-state index in [-0.39, 0.29) is 31.3 Å². The standard InChI is InChI=1S/C32H35ClN6O4Si/c1-20-37-38-31-27(18-29(40)34-14-15-35-32(41)23-7-5-6-21(16-23)19-44(3,4)42)36-30(22-8-10-24(33)11-9-22)26-17-25(43-2)12-13-28(26)39(20)31/h5-13,16-17,27,42H,14-15,18-19H2,1-4H3,(H,34,40)(H,35,41)/t27-/m0/s1. The number of hydrogen-bond acceptors (Lipinski definition) is 7. The van der Waals surface area contributed by atoms with Gasteiger partial charge in [-0.05, 0) is 74.1 Å². The van der Waals surface area contributed by atoms with Gasteiger partial charge in [0.05, 0.1) is 24.9 Å². The van der Waals surface area contributed by atoms with Crippen molar-refractivity contribution in [1.29, 1.82) is 0 Å². The van der Waals surface area contributed by atoms with Crippen LogP contribution in [0.2, 0.25) is 18.1 Å². The molecule has 0 bridgehead atoms. The van der Waals surface area contributed by atoms with Gasteiger partial charge in [-0.2, -0.15) is 0 Å². The SMILES string of the molecule is COc1ccc2c(c1)C(c1ccc(Cl)cc1)=N[C@@H](CC(=O)NCCNC(=O)c1cccc(C[Si](C)(C)O)c1)c1nnc(C)n1-2. The Morgan fingerprint density at radius 1 is 1.02 bits per heavy atom. The second-order valence-electron chi connectivity index (χ2n) is 11.3. The van der Waals surface area contributed by atoms with Crippen molar-refractivity contribution in [2.45, 2.75) is 38.5 Å². The predicted molar refractivity (Wildman–Crippen MR) is 172 cm³/mol. The summed E-state index contributed by atoms with van der Waals surface area (Å²) in [7, 11) is -0.690. The first-order chi connectivity index (χ1) is 21.0. The molecule has 0 saturated heterocycles. The summed E-state index contributed by atoms with van der Waals surface area (Å²) in [5, 5.41) is 15.1. The Hall–Kier alpha value is -4.32. The van der Waals surface area contributed by atoms with Gasteiger partial charge in [0.15, 0.2) is 14.1 Å². The molecule has 3 aromatic carbocycles. The topological polar surface area (TPSA) is 131 Å². The van der Waals surface area contributed by atoms with E-state index in [1.807, 2.05) is 67.0 Å². The van der Waals surface area contributed by atoms with Gasteiger partial charge in [-0.25, -0.2) is 0 Å². The first-order valence-electron chi connectivity index (χ1n) is 14.3. The van der Waals surface area contributed by atoms with Crippen molar-refractivity contribution in [2.75, 3.05) is 20.2 Å². The Labute approximate surface area is 262 Å². The second-order valence-corrected chi connectivity index (χ2v) is 15.7. The second kappa shape index (κ2) is 13.1. The van der Waals surface area contributed by atoms with E-state index in [9.17, 15) is 14.4 Å². The van der Waals surface area contributed by atoms with E-state index < -0.39 is 14.4 Å². The molecule has 44 heavy (non-hydrogen) atoms. The van der Waals surface area contributed by atoms with Crippen LogP contribution in [0.25, 0.3) is 5.69 Å². The summed E-state index contributed by atoms with van der Waals surface area (Å²) in [6.07, 6.45) is 0.0250. The third-order valence-electron chi connectivity index (χ3n) is 7.19. The average molecular weight is 631 g/mol. The number of ether oxygens (including phenoxy) is 1. The number of hydrogen-bond donors (Lipinski definition) is 3. The zero-order valence-electron chi connectivity index (χ0n) is 25.1. The van der Waals surface area contributed by atoms with Crippen molar-refractivity contribution in [1.82, 2.24) is 25.4 Å². The zero-order valence-corrected chi connectivity index (χ0v) is 26.9. The van der Waals surface area contributed by atoms with Gasteiger partial charge in [-0.1, -0.05) is 35.9 Å². The van der Waals surface area contributed by atoms with E-state index in [1.165, 1.54) is 0 Å². The van der Waals surface area contributed by atoms with Crippen molar-refractivity contribution in [3.8, 4) is 11.4 Å². The number of aliphatic imine (C=N–C) groups is 1. The number of rotatable bonds is 10. The Morgan fingerprint density at radius 2 is 1.77 bits per heavy atom.